The van der Waals surface area contributed by atoms with E-state index < -0.39 is 0 Å². The van der Waals surface area contributed by atoms with Crippen LogP contribution < -0.4 is 10.5 Å². The molecule has 2 aromatic carbocycles. The van der Waals surface area contributed by atoms with Crippen molar-refractivity contribution in [3.05, 3.63) is 58.1 Å². The number of hydrogen-bond acceptors (Lipinski definition) is 3. The Balaban J connectivity index is 2.17. The summed E-state index contributed by atoms with van der Waals surface area (Å²) in [5.74, 6) is 1.57. The maximum Gasteiger partial charge on any atom is 0.128 e. The van der Waals surface area contributed by atoms with Gasteiger partial charge in [0.05, 0.1) is 6.61 Å². The quantitative estimate of drug-likeness (QED) is 0.880. The number of hydrogen-bond donors (Lipinski definition) is 1. The van der Waals surface area contributed by atoms with E-state index in [0.717, 1.165) is 27.1 Å². The zero-order valence-electron chi connectivity index (χ0n) is 11.6. The lowest BCUT2D eigenvalue weighted by atomic mass is 10.1. The van der Waals surface area contributed by atoms with E-state index in [1.807, 2.05) is 49.4 Å². The minimum Gasteiger partial charge on any atom is -0.457 e. The molecule has 0 fully saturated rings. The Morgan fingerprint density at radius 2 is 1.90 bits per heavy atom. The van der Waals surface area contributed by atoms with Gasteiger partial charge < -0.3 is 15.2 Å². The van der Waals surface area contributed by atoms with Gasteiger partial charge in [0.25, 0.3) is 0 Å². The first-order valence-corrected chi connectivity index (χ1v) is 7.20. The van der Waals surface area contributed by atoms with Crippen molar-refractivity contribution in [2.45, 2.75) is 19.6 Å². The van der Waals surface area contributed by atoms with Crippen molar-refractivity contribution in [3.8, 4) is 11.5 Å². The van der Waals surface area contributed by atoms with Gasteiger partial charge in [-0.2, -0.15) is 0 Å². The molecule has 0 aliphatic heterocycles. The highest BCUT2D eigenvalue weighted by Gasteiger charge is 2.07. The van der Waals surface area contributed by atoms with Gasteiger partial charge in [-0.3, -0.25) is 0 Å². The predicted octanol–water partition coefficient (Wildman–Crippen LogP) is 4.41. The summed E-state index contributed by atoms with van der Waals surface area (Å²) in [6.45, 7) is 2.53. The van der Waals surface area contributed by atoms with E-state index in [1.54, 1.807) is 7.11 Å². The summed E-state index contributed by atoms with van der Waals surface area (Å²) in [4.78, 5) is 0. The molecule has 0 spiro atoms. The van der Waals surface area contributed by atoms with E-state index in [0.29, 0.717) is 6.61 Å². The number of ether oxygens (including phenoxy) is 2. The van der Waals surface area contributed by atoms with E-state index >= 15 is 0 Å². The van der Waals surface area contributed by atoms with Crippen LogP contribution in [0.15, 0.2) is 46.9 Å². The topological polar surface area (TPSA) is 44.5 Å². The van der Waals surface area contributed by atoms with Gasteiger partial charge in [0.2, 0.25) is 0 Å². The third kappa shape index (κ3) is 3.82. The number of rotatable bonds is 5. The molecule has 2 aromatic rings. The molecule has 0 aromatic heterocycles. The summed E-state index contributed by atoms with van der Waals surface area (Å²) in [7, 11) is 1.68. The molecule has 0 saturated heterocycles. The minimum absolute atomic E-state index is 0.0107. The Morgan fingerprint density at radius 3 is 2.55 bits per heavy atom. The second-order valence-electron chi connectivity index (χ2n) is 4.65. The van der Waals surface area contributed by atoms with Crippen LogP contribution in [-0.4, -0.2) is 7.11 Å². The van der Waals surface area contributed by atoms with Crippen LogP contribution in [0.5, 0.6) is 11.5 Å². The SMILES string of the molecule is COCc1cccc(Oc2ccc([C@@H](C)N)c(Br)c2)c1. The van der Waals surface area contributed by atoms with E-state index in [2.05, 4.69) is 15.9 Å². The van der Waals surface area contributed by atoms with Crippen LogP contribution in [-0.2, 0) is 11.3 Å². The minimum atomic E-state index is -0.0107. The number of halogens is 1. The lowest BCUT2D eigenvalue weighted by molar-refractivity contribution is 0.184. The number of methoxy groups -OCH3 is 1. The smallest absolute Gasteiger partial charge is 0.128 e. The normalized spacial score (nSPS) is 12.2. The summed E-state index contributed by atoms with van der Waals surface area (Å²) < 4.78 is 11.9. The first kappa shape index (κ1) is 15.0. The first-order valence-electron chi connectivity index (χ1n) is 6.41. The Labute approximate surface area is 127 Å². The van der Waals surface area contributed by atoms with E-state index in [1.165, 1.54) is 0 Å². The molecule has 4 heteroatoms. The summed E-state index contributed by atoms with van der Waals surface area (Å²) in [6, 6.07) is 13.7. The van der Waals surface area contributed by atoms with Crippen LogP contribution in [0.25, 0.3) is 0 Å². The maximum atomic E-state index is 5.89. The van der Waals surface area contributed by atoms with Gasteiger partial charge >= 0.3 is 0 Å². The molecule has 0 radical (unpaired) electrons. The zero-order chi connectivity index (χ0) is 14.5. The molecule has 2 N–H and O–H groups in total. The van der Waals surface area contributed by atoms with Crippen molar-refractivity contribution in [1.29, 1.82) is 0 Å². The average Bonchev–Trinajstić information content (AvgIpc) is 2.39. The van der Waals surface area contributed by atoms with Gasteiger partial charge in [-0.05, 0) is 42.3 Å². The van der Waals surface area contributed by atoms with Gasteiger partial charge in [0.1, 0.15) is 11.5 Å². The van der Waals surface area contributed by atoms with Gasteiger partial charge in [-0.1, -0.05) is 34.1 Å². The zero-order valence-corrected chi connectivity index (χ0v) is 13.2. The monoisotopic (exact) mass is 335 g/mol. The molecule has 0 unspecified atom stereocenters. The third-order valence-corrected chi connectivity index (χ3v) is 3.59. The number of benzene rings is 2. The fraction of sp³-hybridized carbons (Fsp3) is 0.250. The molecule has 3 nitrogen and oxygen atoms in total. The second-order valence-corrected chi connectivity index (χ2v) is 5.51. The molecule has 0 heterocycles. The maximum absolute atomic E-state index is 5.89. The molecule has 0 bridgehead atoms. The summed E-state index contributed by atoms with van der Waals surface area (Å²) >= 11 is 3.52. The second kappa shape index (κ2) is 6.88. The van der Waals surface area contributed by atoms with Crippen molar-refractivity contribution in [3.63, 3.8) is 0 Å². The van der Waals surface area contributed by atoms with Gasteiger partial charge in [0, 0.05) is 17.6 Å². The fourth-order valence-corrected chi connectivity index (χ4v) is 2.66. The van der Waals surface area contributed by atoms with Crippen molar-refractivity contribution < 1.29 is 9.47 Å². The third-order valence-electron chi connectivity index (χ3n) is 2.91. The van der Waals surface area contributed by atoms with Crippen LogP contribution in [0, 0.1) is 0 Å². The molecule has 0 aliphatic carbocycles. The molecular weight excluding hydrogens is 318 g/mol. The van der Waals surface area contributed by atoms with E-state index in [9.17, 15) is 0 Å². The summed E-state index contributed by atoms with van der Waals surface area (Å²) in [5.41, 5.74) is 8.03. The molecule has 0 amide bonds. The number of nitrogens with two attached hydrogens (primary N) is 1. The van der Waals surface area contributed by atoms with E-state index in [4.69, 9.17) is 15.2 Å². The Morgan fingerprint density at radius 1 is 1.15 bits per heavy atom. The first-order chi connectivity index (χ1) is 9.60. The van der Waals surface area contributed by atoms with Crippen molar-refractivity contribution in [2.24, 2.45) is 5.73 Å². The molecule has 0 saturated carbocycles. The molecule has 106 valence electrons. The summed E-state index contributed by atoms with van der Waals surface area (Å²) in [6.07, 6.45) is 0. The van der Waals surface area contributed by atoms with Crippen LogP contribution in [0.2, 0.25) is 0 Å². The van der Waals surface area contributed by atoms with Crippen molar-refractivity contribution >= 4 is 15.9 Å². The van der Waals surface area contributed by atoms with Gasteiger partial charge in [-0.25, -0.2) is 0 Å². The molecule has 1 atom stereocenters. The van der Waals surface area contributed by atoms with Crippen LogP contribution in [0.3, 0.4) is 0 Å². The van der Waals surface area contributed by atoms with Gasteiger partial charge in [0.15, 0.2) is 0 Å². The lowest BCUT2D eigenvalue weighted by Gasteiger charge is -2.12. The highest BCUT2D eigenvalue weighted by atomic mass is 79.9. The molecule has 2 rings (SSSR count). The Bertz CT molecular complexity index is 584. The van der Waals surface area contributed by atoms with Crippen LogP contribution in [0.4, 0.5) is 0 Å². The molecule has 0 aliphatic rings. The van der Waals surface area contributed by atoms with Crippen molar-refractivity contribution in [2.75, 3.05) is 7.11 Å². The largest absolute Gasteiger partial charge is 0.457 e. The Kier molecular flexibility index (Phi) is 5.17. The highest BCUT2D eigenvalue weighted by Crippen LogP contribution is 2.29. The standard InChI is InChI=1S/C16H18BrNO2/c1-11(18)15-7-6-14(9-16(15)17)20-13-5-3-4-12(8-13)10-19-2/h3-9,11H,10,18H2,1-2H3/t11-/m1/s1. The highest BCUT2D eigenvalue weighted by molar-refractivity contribution is 9.10. The summed E-state index contributed by atoms with van der Waals surface area (Å²) in [5, 5.41) is 0. The molecule has 20 heavy (non-hydrogen) atoms. The average molecular weight is 336 g/mol. The van der Waals surface area contributed by atoms with Crippen molar-refractivity contribution in [1.82, 2.24) is 0 Å². The van der Waals surface area contributed by atoms with Crippen LogP contribution in [0.1, 0.15) is 24.1 Å². The fourth-order valence-electron chi connectivity index (χ4n) is 1.94. The van der Waals surface area contributed by atoms with Gasteiger partial charge in [-0.15, -0.1) is 0 Å². The predicted molar refractivity (Wildman–Crippen MR) is 84.0 cm³/mol. The lowest BCUT2D eigenvalue weighted by Crippen LogP contribution is -2.05. The molecular formula is C16H18BrNO2. The van der Waals surface area contributed by atoms with E-state index in [-0.39, 0.29) is 6.04 Å². The van der Waals surface area contributed by atoms with Crippen LogP contribution >= 0.6 is 15.9 Å². The Hall–Kier alpha value is -1.36.